The first-order valence-electron chi connectivity index (χ1n) is 5.87. The molecular formula is C12H19BrClNS. The molecule has 0 amide bonds. The Morgan fingerprint density at radius 2 is 2.19 bits per heavy atom. The van der Waals surface area contributed by atoms with Gasteiger partial charge in [-0.1, -0.05) is 44.7 Å². The molecular weight excluding hydrogens is 306 g/mol. The van der Waals surface area contributed by atoms with Gasteiger partial charge in [0, 0.05) is 15.4 Å². The predicted molar refractivity (Wildman–Crippen MR) is 77.6 cm³/mol. The molecule has 1 aromatic heterocycles. The van der Waals surface area contributed by atoms with Gasteiger partial charge in [-0.15, -0.1) is 11.3 Å². The number of hydrogen-bond acceptors (Lipinski definition) is 2. The molecule has 0 aliphatic heterocycles. The van der Waals surface area contributed by atoms with Gasteiger partial charge in [0.15, 0.2) is 0 Å². The average Bonchev–Trinajstić information content (AvgIpc) is 2.58. The fourth-order valence-electron chi connectivity index (χ4n) is 1.72. The highest BCUT2D eigenvalue weighted by atomic mass is 79.9. The summed E-state index contributed by atoms with van der Waals surface area (Å²) in [6, 6.07) is 2.61. The van der Waals surface area contributed by atoms with E-state index in [0.717, 1.165) is 15.4 Å². The van der Waals surface area contributed by atoms with Crippen molar-refractivity contribution in [1.29, 1.82) is 0 Å². The van der Waals surface area contributed by atoms with Crippen LogP contribution in [0.25, 0.3) is 0 Å². The fourth-order valence-corrected chi connectivity index (χ4v) is 3.57. The van der Waals surface area contributed by atoms with Crippen LogP contribution in [0.1, 0.15) is 50.4 Å². The molecule has 0 aromatic carbocycles. The molecule has 0 aliphatic rings. The second-order valence-electron chi connectivity index (χ2n) is 3.88. The van der Waals surface area contributed by atoms with E-state index in [9.17, 15) is 0 Å². The van der Waals surface area contributed by atoms with E-state index < -0.39 is 0 Å². The van der Waals surface area contributed by atoms with E-state index in [2.05, 4.69) is 41.2 Å². The minimum Gasteiger partial charge on any atom is -0.310 e. The molecule has 1 aromatic rings. The van der Waals surface area contributed by atoms with Crippen molar-refractivity contribution < 1.29 is 0 Å². The summed E-state index contributed by atoms with van der Waals surface area (Å²) in [6.07, 6.45) is 5.06. The highest BCUT2D eigenvalue weighted by Gasteiger charge is 2.14. The van der Waals surface area contributed by atoms with Gasteiger partial charge in [-0.05, 0) is 35.0 Å². The molecule has 1 unspecified atom stereocenters. The lowest BCUT2D eigenvalue weighted by Crippen LogP contribution is -2.19. The molecule has 0 aliphatic carbocycles. The van der Waals surface area contributed by atoms with E-state index in [1.165, 1.54) is 30.6 Å². The lowest BCUT2D eigenvalue weighted by molar-refractivity contribution is 0.493. The van der Waals surface area contributed by atoms with Crippen molar-refractivity contribution in [2.45, 2.75) is 45.6 Å². The maximum atomic E-state index is 6.08. The Morgan fingerprint density at radius 3 is 2.69 bits per heavy atom. The molecule has 0 fully saturated rings. The van der Waals surface area contributed by atoms with Crippen molar-refractivity contribution in [2.24, 2.45) is 0 Å². The van der Waals surface area contributed by atoms with E-state index in [1.54, 1.807) is 11.3 Å². The van der Waals surface area contributed by atoms with Crippen LogP contribution in [0.15, 0.2) is 10.5 Å². The van der Waals surface area contributed by atoms with Gasteiger partial charge in [0.2, 0.25) is 0 Å². The number of nitrogens with one attached hydrogen (secondary N) is 1. The Labute approximate surface area is 116 Å². The second-order valence-corrected chi connectivity index (χ2v) is 6.42. The van der Waals surface area contributed by atoms with Gasteiger partial charge >= 0.3 is 0 Å². The number of hydrogen-bond donors (Lipinski definition) is 1. The SMILES string of the molecule is CCCCCC(NCC)c1cc(Br)c(Cl)s1. The van der Waals surface area contributed by atoms with Gasteiger partial charge in [-0.3, -0.25) is 0 Å². The Kier molecular flexibility index (Phi) is 6.97. The molecule has 0 radical (unpaired) electrons. The third-order valence-corrected chi connectivity index (χ3v) is 5.14. The van der Waals surface area contributed by atoms with E-state index >= 15 is 0 Å². The summed E-state index contributed by atoms with van der Waals surface area (Å²) in [5.74, 6) is 0. The highest BCUT2D eigenvalue weighted by Crippen LogP contribution is 2.36. The summed E-state index contributed by atoms with van der Waals surface area (Å²) in [5, 5.41) is 3.53. The number of halogens is 2. The van der Waals surface area contributed by atoms with Crippen molar-refractivity contribution in [3.63, 3.8) is 0 Å². The van der Waals surface area contributed by atoms with Gasteiger partial charge in [-0.2, -0.15) is 0 Å². The van der Waals surface area contributed by atoms with E-state index in [-0.39, 0.29) is 0 Å². The van der Waals surface area contributed by atoms with Crippen LogP contribution < -0.4 is 5.32 Å². The van der Waals surface area contributed by atoms with Crippen LogP contribution in [0.2, 0.25) is 4.34 Å². The molecule has 0 saturated carbocycles. The summed E-state index contributed by atoms with van der Waals surface area (Å²) in [4.78, 5) is 1.34. The van der Waals surface area contributed by atoms with Crippen LogP contribution in [0.3, 0.4) is 0 Å². The minimum absolute atomic E-state index is 0.463. The molecule has 92 valence electrons. The monoisotopic (exact) mass is 323 g/mol. The second kappa shape index (κ2) is 7.70. The number of unbranched alkanes of at least 4 members (excludes halogenated alkanes) is 2. The molecule has 1 rings (SSSR count). The van der Waals surface area contributed by atoms with Crippen LogP contribution in [-0.4, -0.2) is 6.54 Å². The third-order valence-electron chi connectivity index (χ3n) is 2.55. The third kappa shape index (κ3) is 4.36. The quantitative estimate of drug-likeness (QED) is 0.663. The fraction of sp³-hybridized carbons (Fsp3) is 0.667. The molecule has 1 atom stereocenters. The Hall–Kier alpha value is 0.430. The van der Waals surface area contributed by atoms with Gasteiger partial charge in [0.05, 0.1) is 0 Å². The first-order valence-corrected chi connectivity index (χ1v) is 7.85. The molecule has 0 saturated heterocycles. The maximum Gasteiger partial charge on any atom is 0.107 e. The van der Waals surface area contributed by atoms with Crippen LogP contribution in [0.4, 0.5) is 0 Å². The van der Waals surface area contributed by atoms with Crippen LogP contribution in [0, 0.1) is 0 Å². The predicted octanol–water partition coefficient (Wildman–Crippen LogP) is 5.39. The van der Waals surface area contributed by atoms with E-state index in [1.807, 2.05) is 0 Å². The van der Waals surface area contributed by atoms with Crippen molar-refractivity contribution >= 4 is 38.9 Å². The van der Waals surface area contributed by atoms with Crippen molar-refractivity contribution in [3.05, 3.63) is 19.8 Å². The number of rotatable bonds is 7. The van der Waals surface area contributed by atoms with E-state index in [4.69, 9.17) is 11.6 Å². The normalized spacial score (nSPS) is 13.0. The zero-order valence-corrected chi connectivity index (χ0v) is 13.0. The van der Waals surface area contributed by atoms with Crippen LogP contribution >= 0.6 is 38.9 Å². The first kappa shape index (κ1) is 14.5. The highest BCUT2D eigenvalue weighted by molar-refractivity contribution is 9.10. The lowest BCUT2D eigenvalue weighted by atomic mass is 10.1. The van der Waals surface area contributed by atoms with Gasteiger partial charge in [-0.25, -0.2) is 0 Å². The van der Waals surface area contributed by atoms with Gasteiger partial charge < -0.3 is 5.32 Å². The summed E-state index contributed by atoms with van der Waals surface area (Å²) >= 11 is 11.2. The maximum absolute atomic E-state index is 6.08. The molecule has 1 N–H and O–H groups in total. The molecule has 1 heterocycles. The minimum atomic E-state index is 0.463. The molecule has 0 spiro atoms. The summed E-state index contributed by atoms with van der Waals surface area (Å²) < 4.78 is 1.88. The van der Waals surface area contributed by atoms with Crippen molar-refractivity contribution in [3.8, 4) is 0 Å². The zero-order chi connectivity index (χ0) is 12.0. The summed E-state index contributed by atoms with van der Waals surface area (Å²) in [6.45, 7) is 5.39. The zero-order valence-electron chi connectivity index (χ0n) is 9.85. The van der Waals surface area contributed by atoms with Crippen molar-refractivity contribution in [1.82, 2.24) is 5.32 Å². The summed E-state index contributed by atoms with van der Waals surface area (Å²) in [7, 11) is 0. The van der Waals surface area contributed by atoms with Crippen LogP contribution in [0.5, 0.6) is 0 Å². The van der Waals surface area contributed by atoms with Crippen LogP contribution in [-0.2, 0) is 0 Å². The molecule has 0 bridgehead atoms. The average molecular weight is 325 g/mol. The Balaban J connectivity index is 2.61. The smallest absolute Gasteiger partial charge is 0.107 e. The number of thiophene rings is 1. The van der Waals surface area contributed by atoms with Gasteiger partial charge in [0.1, 0.15) is 4.34 Å². The standard InChI is InChI=1S/C12H19BrClNS/c1-3-5-6-7-10(15-4-2)11-8-9(13)12(14)16-11/h8,10,15H,3-7H2,1-2H3. The topological polar surface area (TPSA) is 12.0 Å². The van der Waals surface area contributed by atoms with E-state index in [0.29, 0.717) is 6.04 Å². The molecule has 4 heteroatoms. The molecule has 1 nitrogen and oxygen atoms in total. The molecule has 16 heavy (non-hydrogen) atoms. The Morgan fingerprint density at radius 1 is 1.44 bits per heavy atom. The first-order chi connectivity index (χ1) is 7.69. The summed E-state index contributed by atoms with van der Waals surface area (Å²) in [5.41, 5.74) is 0. The van der Waals surface area contributed by atoms with Gasteiger partial charge in [0.25, 0.3) is 0 Å². The largest absolute Gasteiger partial charge is 0.310 e. The van der Waals surface area contributed by atoms with Crippen molar-refractivity contribution in [2.75, 3.05) is 6.54 Å². The lowest BCUT2D eigenvalue weighted by Gasteiger charge is -2.15. The Bertz CT molecular complexity index is 294.